The van der Waals surface area contributed by atoms with E-state index in [4.69, 9.17) is 0 Å². The molecule has 0 aliphatic rings. The number of aliphatic hydroxyl groups is 3. The second-order valence-electron chi connectivity index (χ2n) is 6.28. The molecule has 0 aliphatic carbocycles. The lowest BCUT2D eigenvalue weighted by Crippen LogP contribution is -2.46. The molecule has 0 saturated carbocycles. The molecular formula is C17H34O5S3. The van der Waals surface area contributed by atoms with Gasteiger partial charge in [-0.25, -0.2) is 0 Å². The van der Waals surface area contributed by atoms with Crippen molar-refractivity contribution in [3.8, 4) is 0 Å². The van der Waals surface area contributed by atoms with Crippen molar-refractivity contribution in [2.75, 3.05) is 31.3 Å². The zero-order valence-corrected chi connectivity index (χ0v) is 17.6. The number of carboxylic acids is 1. The Labute approximate surface area is 163 Å². The summed E-state index contributed by atoms with van der Waals surface area (Å²) in [6.45, 7) is 0.543. The maximum Gasteiger partial charge on any atom is 0.314 e. The molecule has 25 heavy (non-hydrogen) atoms. The second kappa shape index (κ2) is 16.6. The van der Waals surface area contributed by atoms with Gasteiger partial charge in [0.2, 0.25) is 0 Å². The third-order valence-electron chi connectivity index (χ3n) is 4.41. The van der Waals surface area contributed by atoms with E-state index >= 15 is 0 Å². The molecule has 150 valence electrons. The van der Waals surface area contributed by atoms with Crippen LogP contribution in [0.15, 0.2) is 0 Å². The lowest BCUT2D eigenvalue weighted by molar-refractivity contribution is -0.162. The van der Waals surface area contributed by atoms with Gasteiger partial charge in [0.15, 0.2) is 0 Å². The van der Waals surface area contributed by atoms with Crippen LogP contribution in [-0.2, 0) is 4.79 Å². The highest BCUT2D eigenvalue weighted by molar-refractivity contribution is 9.09. The van der Waals surface area contributed by atoms with Crippen molar-refractivity contribution < 1.29 is 25.2 Å². The molecule has 5 nitrogen and oxygen atoms in total. The van der Waals surface area contributed by atoms with Gasteiger partial charge in [0.05, 0.1) is 13.2 Å². The van der Waals surface area contributed by atoms with Gasteiger partial charge in [0.1, 0.15) is 5.41 Å². The van der Waals surface area contributed by atoms with Crippen molar-refractivity contribution in [2.24, 2.45) is 11.3 Å². The molecule has 0 heterocycles. The predicted octanol–water partition coefficient (Wildman–Crippen LogP) is 3.82. The van der Waals surface area contributed by atoms with Crippen LogP contribution in [-0.4, -0.2) is 57.7 Å². The lowest BCUT2D eigenvalue weighted by Gasteiger charge is -2.32. The van der Waals surface area contributed by atoms with Gasteiger partial charge in [-0.3, -0.25) is 4.79 Å². The van der Waals surface area contributed by atoms with Crippen LogP contribution < -0.4 is 0 Å². The zero-order valence-electron chi connectivity index (χ0n) is 15.2. The van der Waals surface area contributed by atoms with E-state index in [2.05, 4.69) is 6.92 Å². The smallest absolute Gasteiger partial charge is 0.314 e. The Kier molecular flexibility index (Phi) is 16.8. The molecule has 0 bridgehead atoms. The molecule has 8 heteroatoms. The van der Waals surface area contributed by atoms with Gasteiger partial charge in [0, 0.05) is 24.0 Å². The summed E-state index contributed by atoms with van der Waals surface area (Å²) in [7, 11) is 5.74. The summed E-state index contributed by atoms with van der Waals surface area (Å²) in [5.41, 5.74) is -1.64. The number of carboxylic acid groups (broad SMARTS) is 1. The number of aliphatic carboxylic acids is 1. The molecule has 0 saturated heterocycles. The van der Waals surface area contributed by atoms with Gasteiger partial charge in [-0.15, -0.1) is 0 Å². The average Bonchev–Trinajstić information content (AvgIpc) is 2.61. The molecular weight excluding hydrogens is 380 g/mol. The highest BCUT2D eigenvalue weighted by Gasteiger charge is 2.44. The van der Waals surface area contributed by atoms with E-state index < -0.39 is 30.5 Å². The Bertz CT molecular complexity index is 327. The summed E-state index contributed by atoms with van der Waals surface area (Å²) in [6, 6.07) is 0. The minimum absolute atomic E-state index is 0.335. The first-order chi connectivity index (χ1) is 12.1. The molecule has 0 amide bonds. The quantitative estimate of drug-likeness (QED) is 0.198. The lowest BCUT2D eigenvalue weighted by atomic mass is 9.74. The number of carbonyl (C=O) groups is 1. The number of hydrogen-bond donors (Lipinski definition) is 4. The monoisotopic (exact) mass is 414 g/mol. The van der Waals surface area contributed by atoms with Gasteiger partial charge in [-0.2, -0.15) is 0 Å². The van der Waals surface area contributed by atoms with Gasteiger partial charge in [0.25, 0.3) is 0 Å². The minimum Gasteiger partial charge on any atom is -0.481 e. The van der Waals surface area contributed by atoms with Crippen molar-refractivity contribution in [3.05, 3.63) is 0 Å². The van der Waals surface area contributed by atoms with Gasteiger partial charge < -0.3 is 20.4 Å². The van der Waals surface area contributed by atoms with Gasteiger partial charge in [-0.05, 0) is 29.1 Å². The maximum absolute atomic E-state index is 11.4. The molecule has 0 aromatic heterocycles. The van der Waals surface area contributed by atoms with E-state index in [9.17, 15) is 25.2 Å². The molecule has 4 N–H and O–H groups in total. The minimum atomic E-state index is -1.64. The first-order valence-corrected chi connectivity index (χ1v) is 12.9. The zero-order chi connectivity index (χ0) is 19.0. The fourth-order valence-electron chi connectivity index (χ4n) is 2.60. The predicted molar refractivity (Wildman–Crippen MR) is 110 cm³/mol. The largest absolute Gasteiger partial charge is 0.481 e. The van der Waals surface area contributed by atoms with Crippen molar-refractivity contribution in [2.45, 2.75) is 58.3 Å². The Balaban J connectivity index is 3.76. The van der Waals surface area contributed by atoms with Crippen LogP contribution >= 0.6 is 31.4 Å². The maximum atomic E-state index is 11.4. The molecule has 0 aliphatic heterocycles. The molecule has 0 aromatic rings. The number of rotatable bonds is 18. The highest BCUT2D eigenvalue weighted by Crippen LogP contribution is 2.35. The Morgan fingerprint density at radius 1 is 0.920 bits per heavy atom. The average molecular weight is 415 g/mol. The van der Waals surface area contributed by atoms with Crippen molar-refractivity contribution >= 4 is 37.4 Å². The van der Waals surface area contributed by atoms with Crippen LogP contribution in [0.5, 0.6) is 0 Å². The third-order valence-corrected chi connectivity index (χ3v) is 8.94. The van der Waals surface area contributed by atoms with Crippen molar-refractivity contribution in [3.63, 3.8) is 0 Å². The number of unbranched alkanes of at least 4 members (excludes halogenated alkanes) is 5. The molecule has 0 aromatic carbocycles. The Hall–Kier alpha value is 0.400. The molecule has 1 atom stereocenters. The van der Waals surface area contributed by atoms with E-state index in [1.54, 1.807) is 0 Å². The fraction of sp³-hybridized carbons (Fsp3) is 0.941. The van der Waals surface area contributed by atoms with E-state index in [1.165, 1.54) is 37.2 Å². The molecule has 0 fully saturated rings. The Morgan fingerprint density at radius 3 is 2.00 bits per heavy atom. The summed E-state index contributed by atoms with van der Waals surface area (Å²) in [5.74, 6) is 0.530. The fourth-order valence-corrected chi connectivity index (χ4v) is 6.60. The SMILES string of the molecule is CCCSSSCCCCCCCCC(CO)C(CO)(CO)C(=O)O. The number of aliphatic hydroxyl groups excluding tert-OH is 3. The van der Waals surface area contributed by atoms with Crippen molar-refractivity contribution in [1.29, 1.82) is 0 Å². The summed E-state index contributed by atoms with van der Waals surface area (Å²) in [5, 5.41) is 37.5. The Morgan fingerprint density at radius 2 is 1.48 bits per heavy atom. The molecule has 0 rings (SSSR count). The van der Waals surface area contributed by atoms with Crippen LogP contribution in [0.4, 0.5) is 0 Å². The summed E-state index contributed by atoms with van der Waals surface area (Å²) < 4.78 is 0. The van der Waals surface area contributed by atoms with E-state index in [1.807, 2.05) is 31.4 Å². The van der Waals surface area contributed by atoms with Crippen LogP contribution in [0.3, 0.4) is 0 Å². The highest BCUT2D eigenvalue weighted by atomic mass is 33.5. The van der Waals surface area contributed by atoms with E-state index in [0.717, 1.165) is 19.3 Å². The first-order valence-electron chi connectivity index (χ1n) is 9.06. The van der Waals surface area contributed by atoms with Crippen LogP contribution in [0.25, 0.3) is 0 Å². The molecule has 1 unspecified atom stereocenters. The van der Waals surface area contributed by atoms with Crippen LogP contribution in [0.2, 0.25) is 0 Å². The summed E-state index contributed by atoms with van der Waals surface area (Å²) in [6.07, 6.45) is 8.21. The standard InChI is InChI=1S/C17H34O5S3/c1-2-10-23-25-24-11-8-6-4-3-5-7-9-15(12-18)17(13-19,14-20)16(21)22/h15,18-20H,2-14H2,1H3,(H,21,22). The molecule has 0 spiro atoms. The van der Waals surface area contributed by atoms with Gasteiger partial charge >= 0.3 is 5.97 Å². The van der Waals surface area contributed by atoms with Gasteiger partial charge in [-0.1, -0.05) is 60.6 Å². The summed E-state index contributed by atoms with van der Waals surface area (Å²) in [4.78, 5) is 11.4. The first kappa shape index (κ1) is 25.4. The third kappa shape index (κ3) is 10.3. The normalized spacial score (nSPS) is 13.1. The van der Waals surface area contributed by atoms with E-state index in [-0.39, 0.29) is 6.61 Å². The number of hydrogen-bond acceptors (Lipinski definition) is 7. The molecule has 0 radical (unpaired) electrons. The topological polar surface area (TPSA) is 98.0 Å². The summed E-state index contributed by atoms with van der Waals surface area (Å²) >= 11 is 0. The second-order valence-corrected chi connectivity index (χ2v) is 10.8. The van der Waals surface area contributed by atoms with Crippen LogP contribution in [0, 0.1) is 11.3 Å². The van der Waals surface area contributed by atoms with E-state index in [0.29, 0.717) is 6.42 Å². The van der Waals surface area contributed by atoms with Crippen LogP contribution in [0.1, 0.15) is 58.3 Å². The van der Waals surface area contributed by atoms with Crippen molar-refractivity contribution in [1.82, 2.24) is 0 Å².